The van der Waals surface area contributed by atoms with E-state index >= 15 is 0 Å². The summed E-state index contributed by atoms with van der Waals surface area (Å²) in [6.07, 6.45) is 1.73. The van der Waals surface area contributed by atoms with Crippen molar-refractivity contribution in [1.82, 2.24) is 4.31 Å². The van der Waals surface area contributed by atoms with Crippen LogP contribution in [0, 0.1) is 5.92 Å². The van der Waals surface area contributed by atoms with Crippen LogP contribution >= 0.6 is 11.6 Å². The van der Waals surface area contributed by atoms with Crippen LogP contribution in [0.3, 0.4) is 0 Å². The molecular formula is C12H17ClN2O3S. The highest BCUT2D eigenvalue weighted by Crippen LogP contribution is 2.28. The van der Waals surface area contributed by atoms with Gasteiger partial charge in [-0.25, -0.2) is 0 Å². The average molecular weight is 305 g/mol. The first-order valence-electron chi connectivity index (χ1n) is 6.15. The Balaban J connectivity index is 2.12. The molecule has 2 rings (SSSR count). The number of aromatic hydroxyl groups is 1. The second-order valence-corrected chi connectivity index (χ2v) is 6.93. The van der Waals surface area contributed by atoms with Crippen LogP contribution in [0.4, 0.5) is 5.69 Å². The van der Waals surface area contributed by atoms with Gasteiger partial charge in [0.15, 0.2) is 0 Å². The Hall–Kier alpha value is -0.980. The number of rotatable bonds is 3. The van der Waals surface area contributed by atoms with Gasteiger partial charge in [-0.05, 0) is 30.9 Å². The molecule has 0 bridgehead atoms. The van der Waals surface area contributed by atoms with E-state index in [2.05, 4.69) is 11.6 Å². The zero-order valence-corrected chi connectivity index (χ0v) is 12.2. The molecule has 0 aliphatic carbocycles. The lowest BCUT2D eigenvalue weighted by molar-refractivity contribution is 0.289. The zero-order chi connectivity index (χ0) is 14.0. The van der Waals surface area contributed by atoms with Crippen molar-refractivity contribution in [2.75, 3.05) is 17.8 Å². The van der Waals surface area contributed by atoms with E-state index in [9.17, 15) is 13.5 Å². The summed E-state index contributed by atoms with van der Waals surface area (Å²) in [5, 5.41) is 9.42. The first-order chi connectivity index (χ1) is 8.88. The molecule has 1 heterocycles. The summed E-state index contributed by atoms with van der Waals surface area (Å²) < 4.78 is 28.3. The molecule has 5 nitrogen and oxygen atoms in total. The molecule has 1 saturated heterocycles. The van der Waals surface area contributed by atoms with E-state index in [4.69, 9.17) is 11.6 Å². The average Bonchev–Trinajstić information content (AvgIpc) is 2.33. The number of phenols is 1. The van der Waals surface area contributed by atoms with Crippen molar-refractivity contribution in [2.24, 2.45) is 5.92 Å². The van der Waals surface area contributed by atoms with Crippen LogP contribution in [0.5, 0.6) is 5.75 Å². The van der Waals surface area contributed by atoms with Gasteiger partial charge in [0.1, 0.15) is 5.75 Å². The Morgan fingerprint density at radius 1 is 1.37 bits per heavy atom. The molecule has 2 N–H and O–H groups in total. The standard InChI is InChI=1S/C12H17ClN2O3S/c1-9-4-6-15(7-5-9)19(17,18)14-12-3-2-10(16)8-11(12)13/h2-3,8-9,14,16H,4-7H2,1H3. The van der Waals surface area contributed by atoms with Gasteiger partial charge in [-0.15, -0.1) is 0 Å². The molecular weight excluding hydrogens is 288 g/mol. The molecule has 106 valence electrons. The molecule has 1 aliphatic heterocycles. The summed E-state index contributed by atoms with van der Waals surface area (Å²) in [6.45, 7) is 3.16. The third kappa shape index (κ3) is 3.52. The van der Waals surface area contributed by atoms with Gasteiger partial charge in [0.05, 0.1) is 10.7 Å². The lowest BCUT2D eigenvalue weighted by atomic mass is 10.0. The highest BCUT2D eigenvalue weighted by molar-refractivity contribution is 7.90. The number of halogens is 1. The van der Waals surface area contributed by atoms with Crippen molar-refractivity contribution in [2.45, 2.75) is 19.8 Å². The fourth-order valence-corrected chi connectivity index (χ4v) is 3.57. The predicted molar refractivity (Wildman–Crippen MR) is 75.6 cm³/mol. The van der Waals surface area contributed by atoms with Crippen LogP contribution in [0.15, 0.2) is 18.2 Å². The van der Waals surface area contributed by atoms with Gasteiger partial charge in [0, 0.05) is 19.2 Å². The molecule has 0 atom stereocenters. The van der Waals surface area contributed by atoms with E-state index in [1.165, 1.54) is 22.5 Å². The van der Waals surface area contributed by atoms with E-state index in [-0.39, 0.29) is 16.5 Å². The molecule has 0 spiro atoms. The normalized spacial score (nSPS) is 18.4. The fraction of sp³-hybridized carbons (Fsp3) is 0.500. The highest BCUT2D eigenvalue weighted by Gasteiger charge is 2.26. The van der Waals surface area contributed by atoms with Crippen molar-refractivity contribution in [3.05, 3.63) is 23.2 Å². The maximum atomic E-state index is 12.2. The second kappa shape index (κ2) is 5.56. The van der Waals surface area contributed by atoms with E-state index in [0.29, 0.717) is 19.0 Å². The first kappa shape index (κ1) is 14.4. The lowest BCUT2D eigenvalue weighted by Gasteiger charge is -2.29. The van der Waals surface area contributed by atoms with Crippen LogP contribution in [0.1, 0.15) is 19.8 Å². The molecule has 0 radical (unpaired) electrons. The highest BCUT2D eigenvalue weighted by atomic mass is 35.5. The summed E-state index contributed by atoms with van der Waals surface area (Å²) in [5.41, 5.74) is 0.276. The number of benzene rings is 1. The third-order valence-corrected chi connectivity index (χ3v) is 5.11. The minimum Gasteiger partial charge on any atom is -0.508 e. The number of phenolic OH excluding ortho intramolecular Hbond substituents is 1. The fourth-order valence-electron chi connectivity index (χ4n) is 2.02. The minimum absolute atomic E-state index is 0.000236. The van der Waals surface area contributed by atoms with Gasteiger partial charge >= 0.3 is 10.2 Å². The van der Waals surface area contributed by atoms with Gasteiger partial charge in [-0.2, -0.15) is 12.7 Å². The molecule has 0 saturated carbocycles. The molecule has 1 fully saturated rings. The van der Waals surface area contributed by atoms with Crippen LogP contribution in [-0.2, 0) is 10.2 Å². The maximum absolute atomic E-state index is 12.2. The molecule has 1 aromatic carbocycles. The molecule has 0 unspecified atom stereocenters. The molecule has 19 heavy (non-hydrogen) atoms. The Morgan fingerprint density at radius 2 is 2.00 bits per heavy atom. The van der Waals surface area contributed by atoms with Gasteiger partial charge in [-0.3, -0.25) is 4.72 Å². The Labute approximate surface area is 118 Å². The summed E-state index contributed by atoms with van der Waals surface area (Å²) in [6, 6.07) is 4.14. The topological polar surface area (TPSA) is 69.6 Å². The quantitative estimate of drug-likeness (QED) is 0.843. The Morgan fingerprint density at radius 3 is 2.58 bits per heavy atom. The van der Waals surface area contributed by atoms with E-state index in [0.717, 1.165) is 12.8 Å². The van der Waals surface area contributed by atoms with Gasteiger partial charge in [0.25, 0.3) is 0 Å². The van der Waals surface area contributed by atoms with Crippen LogP contribution in [-0.4, -0.2) is 30.9 Å². The number of nitrogens with one attached hydrogen (secondary N) is 1. The largest absolute Gasteiger partial charge is 0.508 e. The summed E-state index contributed by atoms with van der Waals surface area (Å²) in [4.78, 5) is 0. The maximum Gasteiger partial charge on any atom is 0.301 e. The van der Waals surface area contributed by atoms with Crippen molar-refractivity contribution in [1.29, 1.82) is 0 Å². The Kier molecular flexibility index (Phi) is 4.23. The Bertz CT molecular complexity index is 554. The number of piperidine rings is 1. The van der Waals surface area contributed by atoms with E-state index < -0.39 is 10.2 Å². The molecule has 7 heteroatoms. The smallest absolute Gasteiger partial charge is 0.301 e. The number of hydrogen-bond donors (Lipinski definition) is 2. The number of anilines is 1. The van der Waals surface area contributed by atoms with Crippen LogP contribution in [0.2, 0.25) is 5.02 Å². The minimum atomic E-state index is -3.58. The second-order valence-electron chi connectivity index (χ2n) is 4.85. The SMILES string of the molecule is CC1CCN(S(=O)(=O)Nc2ccc(O)cc2Cl)CC1. The van der Waals surface area contributed by atoms with Crippen molar-refractivity contribution in [3.63, 3.8) is 0 Å². The van der Waals surface area contributed by atoms with Gasteiger partial charge < -0.3 is 5.11 Å². The van der Waals surface area contributed by atoms with Crippen molar-refractivity contribution in [3.8, 4) is 5.75 Å². The lowest BCUT2D eigenvalue weighted by Crippen LogP contribution is -2.41. The van der Waals surface area contributed by atoms with E-state index in [1.54, 1.807) is 0 Å². The van der Waals surface area contributed by atoms with Crippen LogP contribution < -0.4 is 4.72 Å². The van der Waals surface area contributed by atoms with Crippen molar-refractivity contribution >= 4 is 27.5 Å². The zero-order valence-electron chi connectivity index (χ0n) is 10.6. The number of hydrogen-bond acceptors (Lipinski definition) is 3. The molecule has 0 amide bonds. The van der Waals surface area contributed by atoms with Crippen LogP contribution in [0.25, 0.3) is 0 Å². The first-order valence-corrected chi connectivity index (χ1v) is 7.96. The summed E-state index contributed by atoms with van der Waals surface area (Å²) in [7, 11) is -3.58. The molecule has 0 aromatic heterocycles. The van der Waals surface area contributed by atoms with Gasteiger partial charge in [0.2, 0.25) is 0 Å². The van der Waals surface area contributed by atoms with Crippen molar-refractivity contribution < 1.29 is 13.5 Å². The van der Waals surface area contributed by atoms with E-state index in [1.807, 2.05) is 0 Å². The monoisotopic (exact) mass is 304 g/mol. The number of nitrogens with zero attached hydrogens (tertiary/aromatic N) is 1. The predicted octanol–water partition coefficient (Wildman–Crippen LogP) is 2.43. The summed E-state index contributed by atoms with van der Waals surface area (Å²) >= 11 is 5.89. The van der Waals surface area contributed by atoms with Gasteiger partial charge in [-0.1, -0.05) is 18.5 Å². The third-order valence-electron chi connectivity index (χ3n) is 3.27. The summed E-state index contributed by atoms with van der Waals surface area (Å²) in [5.74, 6) is 0.559. The molecule has 1 aliphatic rings. The molecule has 1 aromatic rings.